The Morgan fingerprint density at radius 1 is 1.00 bits per heavy atom. The normalized spacial score (nSPS) is 18.6. The average molecular weight is 592 g/mol. The summed E-state index contributed by atoms with van der Waals surface area (Å²) in [5, 5.41) is 11.7. The van der Waals surface area contributed by atoms with E-state index in [9.17, 15) is 27.6 Å². The number of nitrogens with one attached hydrogen (secondary N) is 3. The molecule has 1 aromatic carbocycles. The van der Waals surface area contributed by atoms with Gasteiger partial charge >= 0.3 is 6.18 Å². The fraction of sp³-hybridized carbons (Fsp3) is 0.600. The van der Waals surface area contributed by atoms with Gasteiger partial charge in [0.15, 0.2) is 0 Å². The van der Waals surface area contributed by atoms with E-state index in [4.69, 9.17) is 0 Å². The number of amides is 3. The van der Waals surface area contributed by atoms with Gasteiger partial charge in [-0.2, -0.15) is 18.3 Å². The summed E-state index contributed by atoms with van der Waals surface area (Å²) in [6.45, 7) is 3.76. The van der Waals surface area contributed by atoms with E-state index in [0.717, 1.165) is 44.6 Å². The van der Waals surface area contributed by atoms with Gasteiger partial charge < -0.3 is 16.0 Å². The Bertz CT molecular complexity index is 1330. The van der Waals surface area contributed by atoms with Gasteiger partial charge in [-0.05, 0) is 112 Å². The van der Waals surface area contributed by atoms with Crippen molar-refractivity contribution in [2.45, 2.75) is 89.4 Å². The van der Waals surface area contributed by atoms with Crippen LogP contribution < -0.4 is 16.0 Å². The van der Waals surface area contributed by atoms with E-state index < -0.39 is 48.2 Å². The minimum absolute atomic E-state index is 0.0200. The number of rotatable bonds is 12. The zero-order chi connectivity index (χ0) is 30.3. The third-order valence-corrected chi connectivity index (χ3v) is 8.45. The molecule has 3 fully saturated rings. The second kappa shape index (κ2) is 11.7. The number of benzene rings is 1. The molecule has 3 amide bonds. The molecular formula is C30H37F4N5O3. The number of hydrogen-bond donors (Lipinski definition) is 3. The van der Waals surface area contributed by atoms with Crippen molar-refractivity contribution in [3.63, 3.8) is 0 Å². The first kappa shape index (κ1) is 30.0. The van der Waals surface area contributed by atoms with Crippen molar-refractivity contribution in [1.29, 1.82) is 0 Å². The van der Waals surface area contributed by atoms with Crippen LogP contribution in [0.5, 0.6) is 0 Å². The van der Waals surface area contributed by atoms with E-state index in [-0.39, 0.29) is 23.6 Å². The van der Waals surface area contributed by atoms with Gasteiger partial charge in [0, 0.05) is 12.2 Å². The van der Waals surface area contributed by atoms with Crippen molar-refractivity contribution in [2.75, 3.05) is 11.9 Å². The summed E-state index contributed by atoms with van der Waals surface area (Å²) < 4.78 is 55.0. The molecule has 1 aromatic heterocycles. The van der Waals surface area contributed by atoms with Crippen LogP contribution in [-0.4, -0.2) is 46.3 Å². The van der Waals surface area contributed by atoms with Gasteiger partial charge in [-0.25, -0.2) is 4.39 Å². The number of hydrogen-bond acceptors (Lipinski definition) is 4. The summed E-state index contributed by atoms with van der Waals surface area (Å²) in [6.07, 6.45) is 2.41. The Labute approximate surface area is 242 Å². The van der Waals surface area contributed by atoms with Crippen LogP contribution in [0.1, 0.15) is 98.8 Å². The second-order valence-electron chi connectivity index (χ2n) is 12.2. The lowest BCUT2D eigenvalue weighted by Gasteiger charge is -2.28. The molecule has 0 saturated heterocycles. The monoisotopic (exact) mass is 591 g/mol. The zero-order valence-electron chi connectivity index (χ0n) is 23.9. The highest BCUT2D eigenvalue weighted by atomic mass is 19.4. The highest BCUT2D eigenvalue weighted by Gasteiger charge is 2.48. The smallest absolute Gasteiger partial charge is 0.346 e. The summed E-state index contributed by atoms with van der Waals surface area (Å²) in [6, 6.07) is 3.27. The molecule has 3 aliphatic rings. The largest absolute Gasteiger partial charge is 0.405 e. The van der Waals surface area contributed by atoms with Crippen molar-refractivity contribution in [1.82, 2.24) is 20.4 Å². The minimum Gasteiger partial charge on any atom is -0.346 e. The van der Waals surface area contributed by atoms with E-state index in [1.54, 1.807) is 10.7 Å². The van der Waals surface area contributed by atoms with Crippen molar-refractivity contribution in [2.24, 2.45) is 17.8 Å². The predicted octanol–water partition coefficient (Wildman–Crippen LogP) is 5.44. The van der Waals surface area contributed by atoms with Crippen LogP contribution in [0.15, 0.2) is 24.4 Å². The van der Waals surface area contributed by atoms with Crippen LogP contribution in [0.3, 0.4) is 0 Å². The number of alkyl halides is 3. The van der Waals surface area contributed by atoms with Gasteiger partial charge in [0.1, 0.15) is 24.1 Å². The van der Waals surface area contributed by atoms with E-state index >= 15 is 4.39 Å². The lowest BCUT2D eigenvalue weighted by molar-refractivity contribution is -0.139. The molecule has 42 heavy (non-hydrogen) atoms. The lowest BCUT2D eigenvalue weighted by Crippen LogP contribution is -2.50. The van der Waals surface area contributed by atoms with Crippen LogP contribution in [0.2, 0.25) is 0 Å². The molecule has 2 aromatic rings. The molecule has 1 heterocycles. The Balaban J connectivity index is 1.39. The highest BCUT2D eigenvalue weighted by molar-refractivity contribution is 6.01. The Morgan fingerprint density at radius 2 is 1.64 bits per heavy atom. The second-order valence-corrected chi connectivity index (χ2v) is 12.2. The molecular weight excluding hydrogens is 554 g/mol. The molecule has 0 spiro atoms. The maximum Gasteiger partial charge on any atom is 0.405 e. The number of halogens is 4. The molecule has 2 unspecified atom stereocenters. The number of aromatic nitrogens is 2. The van der Waals surface area contributed by atoms with Crippen molar-refractivity contribution in [3.05, 3.63) is 47.0 Å². The standard InChI is InChI=1S/C30H37F4N5O3/c1-15(2)39-24(10-11-36-39)28(41)38-26(25(18-6-7-18)19-8-9-19)29(42)37-23-13-21(17-4-5-17)20(12-22(23)31)16(3)27(40)35-14-30(32,33)34/h10-13,15-19,25-26H,4-9,14H2,1-3H3,(H,35,40)(H,37,42)(H,38,41). The summed E-state index contributed by atoms with van der Waals surface area (Å²) in [5.41, 5.74) is 1.18. The SMILES string of the molecule is CC(C(=O)NCC(F)(F)F)c1cc(F)c(NC(=O)C(NC(=O)c2ccnn2C(C)C)C(C2CC2)C2CC2)cc1C1CC1. The fourth-order valence-electron chi connectivity index (χ4n) is 5.86. The topological polar surface area (TPSA) is 105 Å². The van der Waals surface area contributed by atoms with E-state index in [1.807, 2.05) is 19.2 Å². The molecule has 2 atom stereocenters. The lowest BCUT2D eigenvalue weighted by atomic mass is 9.88. The third-order valence-electron chi connectivity index (χ3n) is 8.45. The van der Waals surface area contributed by atoms with Crippen LogP contribution >= 0.6 is 0 Å². The van der Waals surface area contributed by atoms with Gasteiger partial charge in [-0.3, -0.25) is 19.1 Å². The molecule has 228 valence electrons. The van der Waals surface area contributed by atoms with Crippen LogP contribution in [-0.2, 0) is 9.59 Å². The molecule has 0 aliphatic heterocycles. The first-order valence-electron chi connectivity index (χ1n) is 14.7. The Morgan fingerprint density at radius 3 is 2.19 bits per heavy atom. The molecule has 0 radical (unpaired) electrons. The number of carbonyl (C=O) groups excluding carboxylic acids is 3. The first-order chi connectivity index (χ1) is 19.8. The molecule has 12 heteroatoms. The summed E-state index contributed by atoms with van der Waals surface area (Å²) in [7, 11) is 0. The van der Waals surface area contributed by atoms with Crippen LogP contribution in [0.4, 0.5) is 23.2 Å². The van der Waals surface area contributed by atoms with Gasteiger partial charge in [0.05, 0.1) is 11.6 Å². The fourth-order valence-corrected chi connectivity index (χ4v) is 5.86. The summed E-state index contributed by atoms with van der Waals surface area (Å²) >= 11 is 0. The maximum absolute atomic E-state index is 15.5. The molecule has 5 rings (SSSR count). The molecule has 0 bridgehead atoms. The van der Waals surface area contributed by atoms with Gasteiger partial charge in [0.2, 0.25) is 11.8 Å². The quantitative estimate of drug-likeness (QED) is 0.286. The van der Waals surface area contributed by atoms with Crippen molar-refractivity contribution < 1.29 is 31.9 Å². The highest BCUT2D eigenvalue weighted by Crippen LogP contribution is 2.51. The summed E-state index contributed by atoms with van der Waals surface area (Å²) in [4.78, 5) is 39.7. The van der Waals surface area contributed by atoms with Gasteiger partial charge in [-0.15, -0.1) is 0 Å². The number of anilines is 1. The Kier molecular flexibility index (Phi) is 8.35. The number of carbonyl (C=O) groups is 3. The van der Waals surface area contributed by atoms with E-state index in [1.165, 1.54) is 19.2 Å². The minimum atomic E-state index is -4.56. The molecule has 3 N–H and O–H groups in total. The number of nitrogens with zero attached hydrogens (tertiary/aromatic N) is 2. The third kappa shape index (κ3) is 6.95. The van der Waals surface area contributed by atoms with Gasteiger partial charge in [0.25, 0.3) is 5.91 Å². The Hall–Kier alpha value is -3.44. The van der Waals surface area contributed by atoms with Crippen LogP contribution in [0, 0.1) is 23.6 Å². The van der Waals surface area contributed by atoms with Crippen molar-refractivity contribution in [3.8, 4) is 0 Å². The zero-order valence-corrected chi connectivity index (χ0v) is 23.9. The van der Waals surface area contributed by atoms with Crippen LogP contribution in [0.25, 0.3) is 0 Å². The predicted molar refractivity (Wildman–Crippen MR) is 147 cm³/mol. The molecule has 3 aliphatic carbocycles. The van der Waals surface area contributed by atoms with Gasteiger partial charge in [-0.1, -0.05) is 0 Å². The molecule has 3 saturated carbocycles. The van der Waals surface area contributed by atoms with E-state index in [2.05, 4.69) is 15.7 Å². The van der Waals surface area contributed by atoms with Crippen molar-refractivity contribution >= 4 is 23.4 Å². The summed E-state index contributed by atoms with van der Waals surface area (Å²) in [5.74, 6) is -3.08. The molecule has 8 nitrogen and oxygen atoms in total. The van der Waals surface area contributed by atoms with E-state index in [0.29, 0.717) is 28.7 Å². The first-order valence-corrected chi connectivity index (χ1v) is 14.7. The maximum atomic E-state index is 15.5. The average Bonchev–Trinajstić information content (AvgIpc) is 3.78.